The molecular weight excluding hydrogens is 400 g/mol. The van der Waals surface area contributed by atoms with Crippen LogP contribution in [-0.2, 0) is 4.79 Å². The van der Waals surface area contributed by atoms with E-state index in [-0.39, 0.29) is 12.5 Å². The summed E-state index contributed by atoms with van der Waals surface area (Å²) in [7, 11) is 3.14. The predicted octanol–water partition coefficient (Wildman–Crippen LogP) is 3.61. The second-order valence-electron chi connectivity index (χ2n) is 5.58. The predicted molar refractivity (Wildman–Crippen MR) is 104 cm³/mol. The van der Waals surface area contributed by atoms with Crippen molar-refractivity contribution in [1.29, 1.82) is 0 Å². The molecule has 0 heterocycles. The van der Waals surface area contributed by atoms with Gasteiger partial charge in [-0.25, -0.2) is 5.43 Å². The van der Waals surface area contributed by atoms with Crippen molar-refractivity contribution >= 4 is 28.1 Å². The number of hydrazone groups is 1. The summed E-state index contributed by atoms with van der Waals surface area (Å²) in [6.07, 6.45) is 1.50. The Morgan fingerprint density at radius 1 is 1.19 bits per heavy atom. The van der Waals surface area contributed by atoms with E-state index in [0.717, 1.165) is 15.6 Å². The summed E-state index contributed by atoms with van der Waals surface area (Å²) in [6, 6.07) is 9.24. The van der Waals surface area contributed by atoms with Crippen LogP contribution in [0.4, 0.5) is 0 Å². The highest BCUT2D eigenvalue weighted by atomic mass is 79.9. The Morgan fingerprint density at radius 2 is 1.96 bits per heavy atom. The molecule has 2 aromatic rings. The molecule has 0 saturated carbocycles. The van der Waals surface area contributed by atoms with E-state index in [1.54, 1.807) is 32.4 Å². The van der Waals surface area contributed by atoms with Crippen LogP contribution in [0.5, 0.6) is 17.2 Å². The molecule has 0 aliphatic rings. The summed E-state index contributed by atoms with van der Waals surface area (Å²) in [5, 5.41) is 3.94. The third-order valence-electron chi connectivity index (χ3n) is 3.55. The normalized spacial score (nSPS) is 10.7. The molecule has 26 heavy (non-hydrogen) atoms. The number of carbonyl (C=O) groups is 1. The minimum Gasteiger partial charge on any atom is -0.497 e. The Balaban J connectivity index is 1.94. The molecule has 138 valence electrons. The van der Waals surface area contributed by atoms with E-state index >= 15 is 0 Å². The fourth-order valence-electron chi connectivity index (χ4n) is 2.35. The van der Waals surface area contributed by atoms with Crippen LogP contribution in [-0.4, -0.2) is 32.9 Å². The Labute approximate surface area is 161 Å². The van der Waals surface area contributed by atoms with Crippen LogP contribution >= 0.6 is 15.9 Å². The number of methoxy groups -OCH3 is 2. The first-order valence-electron chi connectivity index (χ1n) is 7.88. The molecule has 2 aromatic carbocycles. The SMILES string of the molecule is COc1ccc(/C=N/NC(=O)COc2c(C)cc(C)cc2Br)c(OC)c1. The molecule has 6 nitrogen and oxygen atoms in total. The largest absolute Gasteiger partial charge is 0.497 e. The molecule has 0 fully saturated rings. The molecule has 0 atom stereocenters. The Kier molecular flexibility index (Phi) is 7.03. The number of rotatable bonds is 7. The highest BCUT2D eigenvalue weighted by molar-refractivity contribution is 9.10. The average molecular weight is 421 g/mol. The smallest absolute Gasteiger partial charge is 0.277 e. The van der Waals surface area contributed by atoms with Gasteiger partial charge in [-0.1, -0.05) is 6.07 Å². The standard InChI is InChI=1S/C19H21BrN2O4/c1-12-7-13(2)19(16(20)8-12)26-11-18(23)22-21-10-14-5-6-15(24-3)9-17(14)25-4/h5-10H,11H2,1-4H3,(H,22,23)/b21-10+. The average Bonchev–Trinajstić information content (AvgIpc) is 2.61. The number of nitrogens with one attached hydrogen (secondary N) is 1. The topological polar surface area (TPSA) is 69.2 Å². The van der Waals surface area contributed by atoms with Gasteiger partial charge in [0.2, 0.25) is 0 Å². The summed E-state index contributed by atoms with van der Waals surface area (Å²) >= 11 is 3.45. The van der Waals surface area contributed by atoms with Gasteiger partial charge in [0.1, 0.15) is 17.2 Å². The van der Waals surface area contributed by atoms with Crippen LogP contribution in [0.25, 0.3) is 0 Å². The van der Waals surface area contributed by atoms with E-state index in [1.807, 2.05) is 26.0 Å². The summed E-state index contributed by atoms with van der Waals surface area (Å²) in [5.41, 5.74) is 5.22. The summed E-state index contributed by atoms with van der Waals surface area (Å²) in [6.45, 7) is 3.79. The molecule has 0 radical (unpaired) electrons. The fraction of sp³-hybridized carbons (Fsp3) is 0.263. The lowest BCUT2D eigenvalue weighted by Crippen LogP contribution is -2.24. The lowest BCUT2D eigenvalue weighted by atomic mass is 10.1. The van der Waals surface area contributed by atoms with Gasteiger partial charge in [0.15, 0.2) is 6.61 Å². The number of nitrogens with zero attached hydrogens (tertiary/aromatic N) is 1. The fourth-order valence-corrected chi connectivity index (χ4v) is 3.14. The maximum Gasteiger partial charge on any atom is 0.277 e. The monoisotopic (exact) mass is 420 g/mol. The van der Waals surface area contributed by atoms with Crippen molar-refractivity contribution in [2.45, 2.75) is 13.8 Å². The van der Waals surface area contributed by atoms with E-state index in [4.69, 9.17) is 14.2 Å². The molecule has 0 spiro atoms. The Morgan fingerprint density at radius 3 is 2.62 bits per heavy atom. The van der Waals surface area contributed by atoms with Gasteiger partial charge in [-0.3, -0.25) is 4.79 Å². The number of hydrogen-bond donors (Lipinski definition) is 1. The van der Waals surface area contributed by atoms with E-state index in [2.05, 4.69) is 26.5 Å². The number of ether oxygens (including phenoxy) is 3. The van der Waals surface area contributed by atoms with Gasteiger partial charge < -0.3 is 14.2 Å². The summed E-state index contributed by atoms with van der Waals surface area (Å²) in [5.74, 6) is 1.56. The van der Waals surface area contributed by atoms with Crippen molar-refractivity contribution in [3.05, 3.63) is 51.5 Å². The molecule has 0 saturated heterocycles. The molecule has 2 rings (SSSR count). The molecule has 0 bridgehead atoms. The van der Waals surface area contributed by atoms with Crippen LogP contribution in [0.15, 0.2) is 39.9 Å². The zero-order valence-electron chi connectivity index (χ0n) is 15.1. The van der Waals surface area contributed by atoms with E-state index in [9.17, 15) is 4.79 Å². The molecule has 7 heteroatoms. The first kappa shape index (κ1) is 19.8. The van der Waals surface area contributed by atoms with Crippen molar-refractivity contribution in [1.82, 2.24) is 5.43 Å². The maximum absolute atomic E-state index is 11.9. The number of hydrogen-bond acceptors (Lipinski definition) is 5. The highest BCUT2D eigenvalue weighted by Gasteiger charge is 2.09. The maximum atomic E-state index is 11.9. The van der Waals surface area contributed by atoms with Crippen molar-refractivity contribution < 1.29 is 19.0 Å². The van der Waals surface area contributed by atoms with Crippen LogP contribution in [0.3, 0.4) is 0 Å². The number of amides is 1. The first-order valence-corrected chi connectivity index (χ1v) is 8.67. The molecular formula is C19H21BrN2O4. The van der Waals surface area contributed by atoms with Gasteiger partial charge in [0.25, 0.3) is 5.91 Å². The quantitative estimate of drug-likeness (QED) is 0.548. The summed E-state index contributed by atoms with van der Waals surface area (Å²) < 4.78 is 16.8. The van der Waals surface area contributed by atoms with Gasteiger partial charge in [-0.15, -0.1) is 0 Å². The minimum atomic E-state index is -0.361. The van der Waals surface area contributed by atoms with Crippen molar-refractivity contribution in [3.8, 4) is 17.2 Å². The lowest BCUT2D eigenvalue weighted by molar-refractivity contribution is -0.123. The van der Waals surface area contributed by atoms with E-state index in [0.29, 0.717) is 22.8 Å². The highest BCUT2D eigenvalue weighted by Crippen LogP contribution is 2.30. The summed E-state index contributed by atoms with van der Waals surface area (Å²) in [4.78, 5) is 11.9. The number of carbonyl (C=O) groups excluding carboxylic acids is 1. The van der Waals surface area contributed by atoms with E-state index < -0.39 is 0 Å². The zero-order chi connectivity index (χ0) is 19.1. The van der Waals surface area contributed by atoms with E-state index in [1.165, 1.54) is 6.21 Å². The van der Waals surface area contributed by atoms with Crippen LogP contribution in [0.2, 0.25) is 0 Å². The van der Waals surface area contributed by atoms with Gasteiger partial charge in [-0.2, -0.15) is 5.10 Å². The molecule has 0 unspecified atom stereocenters. The molecule has 0 aliphatic heterocycles. The Bertz CT molecular complexity index is 798. The third-order valence-corrected chi connectivity index (χ3v) is 4.14. The number of halogens is 1. The van der Waals surface area contributed by atoms with Crippen LogP contribution < -0.4 is 19.6 Å². The number of aryl methyl sites for hydroxylation is 2. The van der Waals surface area contributed by atoms with Crippen molar-refractivity contribution in [3.63, 3.8) is 0 Å². The van der Waals surface area contributed by atoms with Gasteiger partial charge in [-0.05, 0) is 59.1 Å². The van der Waals surface area contributed by atoms with Gasteiger partial charge >= 0.3 is 0 Å². The molecule has 0 aromatic heterocycles. The Hall–Kier alpha value is -2.54. The van der Waals surface area contributed by atoms with Gasteiger partial charge in [0, 0.05) is 11.6 Å². The van der Waals surface area contributed by atoms with Crippen molar-refractivity contribution in [2.24, 2.45) is 5.10 Å². The minimum absolute atomic E-state index is 0.139. The van der Waals surface area contributed by atoms with Gasteiger partial charge in [0.05, 0.1) is 24.9 Å². The molecule has 1 amide bonds. The van der Waals surface area contributed by atoms with Crippen LogP contribution in [0.1, 0.15) is 16.7 Å². The second-order valence-corrected chi connectivity index (χ2v) is 6.44. The van der Waals surface area contributed by atoms with Crippen LogP contribution in [0, 0.1) is 13.8 Å². The molecule has 1 N–H and O–H groups in total. The zero-order valence-corrected chi connectivity index (χ0v) is 16.7. The number of benzene rings is 2. The third kappa shape index (κ3) is 5.23. The first-order chi connectivity index (χ1) is 12.4. The molecule has 0 aliphatic carbocycles. The lowest BCUT2D eigenvalue weighted by Gasteiger charge is -2.11. The van der Waals surface area contributed by atoms with Crippen molar-refractivity contribution in [2.75, 3.05) is 20.8 Å². The second kappa shape index (κ2) is 9.24.